The molecule has 4 rings (SSSR count). The fourth-order valence-corrected chi connectivity index (χ4v) is 3.72. The van der Waals surface area contributed by atoms with Gasteiger partial charge in [0, 0.05) is 17.4 Å². The van der Waals surface area contributed by atoms with Crippen LogP contribution in [0.5, 0.6) is 11.5 Å². The van der Waals surface area contributed by atoms with Gasteiger partial charge in [-0.2, -0.15) is 5.10 Å². The molecule has 0 fully saturated rings. The number of amides is 2. The number of hydrogen-bond donors (Lipinski definition) is 2. The molecule has 0 saturated heterocycles. The maximum Gasteiger partial charge on any atom is 0.259 e. The lowest BCUT2D eigenvalue weighted by atomic mass is 10.1. The van der Waals surface area contributed by atoms with E-state index in [9.17, 15) is 9.59 Å². The second kappa shape index (κ2) is 9.68. The van der Waals surface area contributed by atoms with Gasteiger partial charge in [0.15, 0.2) is 0 Å². The number of rotatable bonds is 7. The van der Waals surface area contributed by atoms with Gasteiger partial charge in [-0.1, -0.05) is 29.8 Å². The minimum Gasteiger partial charge on any atom is -0.497 e. The third kappa shape index (κ3) is 4.57. The highest BCUT2D eigenvalue weighted by Crippen LogP contribution is 2.35. The van der Waals surface area contributed by atoms with Gasteiger partial charge in [-0.05, 0) is 48.5 Å². The van der Waals surface area contributed by atoms with Crippen LogP contribution in [0.25, 0.3) is 16.9 Å². The van der Waals surface area contributed by atoms with Crippen molar-refractivity contribution in [1.82, 2.24) is 9.78 Å². The molecular weight excluding hydrogens is 456 g/mol. The molecule has 3 N–H and O–H groups in total. The molecule has 4 aromatic rings. The van der Waals surface area contributed by atoms with Crippen LogP contribution in [0.15, 0.2) is 72.9 Å². The Hall–Kier alpha value is -4.30. The molecule has 172 valence electrons. The first kappa shape index (κ1) is 22.9. The predicted octanol–water partition coefficient (Wildman–Crippen LogP) is 4.56. The zero-order valence-electron chi connectivity index (χ0n) is 18.4. The van der Waals surface area contributed by atoms with E-state index in [1.807, 2.05) is 30.3 Å². The minimum absolute atomic E-state index is 0.139. The van der Waals surface area contributed by atoms with E-state index >= 15 is 0 Å². The van der Waals surface area contributed by atoms with E-state index in [1.165, 1.54) is 12.1 Å². The number of benzene rings is 3. The van der Waals surface area contributed by atoms with E-state index < -0.39 is 11.8 Å². The van der Waals surface area contributed by atoms with Crippen molar-refractivity contribution >= 4 is 29.1 Å². The van der Waals surface area contributed by atoms with Crippen molar-refractivity contribution in [2.75, 3.05) is 19.5 Å². The van der Waals surface area contributed by atoms with Crippen molar-refractivity contribution in [3.8, 4) is 28.4 Å². The SMILES string of the molecule is COc1ccc(OC)c(-c2nn(-c3ccccc3)cc2C(=O)Nc2ccc(C(N)=O)c(Cl)c2)c1. The Balaban J connectivity index is 1.80. The van der Waals surface area contributed by atoms with Crippen LogP contribution in [0.2, 0.25) is 5.02 Å². The Morgan fingerprint density at radius 3 is 2.38 bits per heavy atom. The Morgan fingerprint density at radius 2 is 1.74 bits per heavy atom. The first-order valence-corrected chi connectivity index (χ1v) is 10.6. The number of hydrogen-bond acceptors (Lipinski definition) is 5. The molecule has 0 aliphatic rings. The van der Waals surface area contributed by atoms with Gasteiger partial charge >= 0.3 is 0 Å². The van der Waals surface area contributed by atoms with Crippen molar-refractivity contribution in [3.63, 3.8) is 0 Å². The summed E-state index contributed by atoms with van der Waals surface area (Å²) in [5.74, 6) is 0.0385. The first-order chi connectivity index (χ1) is 16.4. The Kier molecular flexibility index (Phi) is 6.51. The highest BCUT2D eigenvalue weighted by Gasteiger charge is 2.22. The van der Waals surface area contributed by atoms with E-state index in [1.54, 1.807) is 49.4 Å². The summed E-state index contributed by atoms with van der Waals surface area (Å²) in [5.41, 5.74) is 7.93. The third-order valence-corrected chi connectivity index (χ3v) is 5.45. The van der Waals surface area contributed by atoms with Crippen molar-refractivity contribution < 1.29 is 19.1 Å². The number of methoxy groups -OCH3 is 2. The molecule has 3 aromatic carbocycles. The summed E-state index contributed by atoms with van der Waals surface area (Å²) in [6, 6.07) is 19.2. The van der Waals surface area contributed by atoms with E-state index in [0.29, 0.717) is 34.0 Å². The normalized spacial score (nSPS) is 10.6. The number of anilines is 1. The topological polar surface area (TPSA) is 108 Å². The predicted molar refractivity (Wildman–Crippen MR) is 130 cm³/mol. The number of primary amides is 1. The van der Waals surface area contributed by atoms with Gasteiger partial charge in [-0.3, -0.25) is 9.59 Å². The molecule has 0 aliphatic heterocycles. The lowest BCUT2D eigenvalue weighted by Gasteiger charge is -2.11. The van der Waals surface area contributed by atoms with Crippen molar-refractivity contribution in [2.24, 2.45) is 5.73 Å². The fraction of sp³-hybridized carbons (Fsp3) is 0.0800. The maximum absolute atomic E-state index is 13.4. The Morgan fingerprint density at radius 1 is 0.971 bits per heavy atom. The number of nitrogens with two attached hydrogens (primary N) is 1. The van der Waals surface area contributed by atoms with E-state index in [0.717, 1.165) is 5.69 Å². The molecule has 1 aromatic heterocycles. The van der Waals surface area contributed by atoms with Crippen LogP contribution < -0.4 is 20.5 Å². The largest absolute Gasteiger partial charge is 0.497 e. The summed E-state index contributed by atoms with van der Waals surface area (Å²) < 4.78 is 12.5. The standard InChI is InChI=1S/C25H21ClN4O4/c1-33-17-9-11-22(34-2)19(13-17)23-20(14-30(29-23)16-6-4-3-5-7-16)25(32)28-15-8-10-18(24(27)31)21(26)12-15/h3-14H,1-2H3,(H2,27,31)(H,28,32). The minimum atomic E-state index is -0.653. The van der Waals surface area contributed by atoms with Crippen LogP contribution in [-0.2, 0) is 0 Å². The van der Waals surface area contributed by atoms with Gasteiger partial charge in [0.1, 0.15) is 17.2 Å². The van der Waals surface area contributed by atoms with Gasteiger partial charge in [0.05, 0.1) is 36.1 Å². The molecule has 1 heterocycles. The number of aromatic nitrogens is 2. The van der Waals surface area contributed by atoms with Crippen LogP contribution >= 0.6 is 11.6 Å². The number of carbonyl (C=O) groups excluding carboxylic acids is 2. The number of nitrogens with zero attached hydrogens (tertiary/aromatic N) is 2. The Labute approximate surface area is 200 Å². The molecule has 0 spiro atoms. The van der Waals surface area contributed by atoms with Gasteiger partial charge in [0.25, 0.3) is 5.91 Å². The van der Waals surface area contributed by atoms with Crippen molar-refractivity contribution in [2.45, 2.75) is 0 Å². The molecule has 0 atom stereocenters. The molecule has 0 radical (unpaired) electrons. The fourth-order valence-electron chi connectivity index (χ4n) is 3.44. The van der Waals surface area contributed by atoms with Crippen LogP contribution in [0.3, 0.4) is 0 Å². The van der Waals surface area contributed by atoms with E-state index in [-0.39, 0.29) is 10.6 Å². The smallest absolute Gasteiger partial charge is 0.259 e. The summed E-state index contributed by atoms with van der Waals surface area (Å²) in [5, 5.41) is 7.63. The molecule has 0 unspecified atom stereocenters. The summed E-state index contributed by atoms with van der Waals surface area (Å²) in [6.45, 7) is 0. The van der Waals surface area contributed by atoms with Crippen molar-refractivity contribution in [3.05, 3.63) is 89.1 Å². The van der Waals surface area contributed by atoms with Crippen LogP contribution in [0, 0.1) is 0 Å². The Bertz CT molecular complexity index is 1370. The van der Waals surface area contributed by atoms with Crippen molar-refractivity contribution in [1.29, 1.82) is 0 Å². The van der Waals surface area contributed by atoms with Crippen LogP contribution in [0.1, 0.15) is 20.7 Å². The third-order valence-electron chi connectivity index (χ3n) is 5.13. The quantitative estimate of drug-likeness (QED) is 0.406. The summed E-state index contributed by atoms with van der Waals surface area (Å²) in [4.78, 5) is 24.8. The van der Waals surface area contributed by atoms with Gasteiger partial charge in [-0.15, -0.1) is 0 Å². The average molecular weight is 477 g/mol. The van der Waals surface area contributed by atoms with E-state index in [4.69, 9.17) is 26.8 Å². The number of carbonyl (C=O) groups is 2. The molecular formula is C25H21ClN4O4. The summed E-state index contributed by atoms with van der Waals surface area (Å²) in [7, 11) is 3.10. The van der Waals surface area contributed by atoms with Crippen LogP contribution in [0.4, 0.5) is 5.69 Å². The number of nitrogens with one attached hydrogen (secondary N) is 1. The molecule has 9 heteroatoms. The highest BCUT2D eigenvalue weighted by atomic mass is 35.5. The zero-order valence-corrected chi connectivity index (χ0v) is 19.2. The highest BCUT2D eigenvalue weighted by molar-refractivity contribution is 6.34. The number of para-hydroxylation sites is 1. The monoisotopic (exact) mass is 476 g/mol. The lowest BCUT2D eigenvalue weighted by Crippen LogP contribution is -2.14. The number of ether oxygens (including phenoxy) is 2. The molecule has 0 aliphatic carbocycles. The maximum atomic E-state index is 13.4. The van der Waals surface area contributed by atoms with Gasteiger partial charge < -0.3 is 20.5 Å². The summed E-state index contributed by atoms with van der Waals surface area (Å²) >= 11 is 6.14. The second-order valence-electron chi connectivity index (χ2n) is 7.25. The molecule has 0 saturated carbocycles. The first-order valence-electron chi connectivity index (χ1n) is 10.2. The van der Waals surface area contributed by atoms with Gasteiger partial charge in [0.2, 0.25) is 5.91 Å². The van der Waals surface area contributed by atoms with Gasteiger partial charge in [-0.25, -0.2) is 4.68 Å². The molecule has 0 bridgehead atoms. The lowest BCUT2D eigenvalue weighted by molar-refractivity contribution is 0.0998. The molecule has 2 amide bonds. The zero-order chi connectivity index (χ0) is 24.2. The molecule has 34 heavy (non-hydrogen) atoms. The average Bonchev–Trinajstić information content (AvgIpc) is 3.29. The molecule has 8 nitrogen and oxygen atoms in total. The second-order valence-corrected chi connectivity index (χ2v) is 7.66. The van der Waals surface area contributed by atoms with E-state index in [2.05, 4.69) is 10.4 Å². The number of halogens is 1. The summed E-state index contributed by atoms with van der Waals surface area (Å²) in [6.07, 6.45) is 1.64. The van der Waals surface area contributed by atoms with Crippen LogP contribution in [-0.4, -0.2) is 35.8 Å².